The number of benzene rings is 2. The topological polar surface area (TPSA) is 37.7 Å². The quantitative estimate of drug-likeness (QED) is 0.346. The molecule has 0 saturated heterocycles. The van der Waals surface area contributed by atoms with Gasteiger partial charge in [0, 0.05) is 17.4 Å². The molecule has 1 aliphatic rings. The smallest absolute Gasteiger partial charge is 0.207 e. The van der Waals surface area contributed by atoms with Crippen molar-refractivity contribution in [1.82, 2.24) is 4.98 Å². The number of halogens is 2. The third-order valence-electron chi connectivity index (χ3n) is 5.11. The lowest BCUT2D eigenvalue weighted by molar-refractivity contribution is 0.386. The number of thiophene rings is 1. The Hall–Kier alpha value is -3.10. The summed E-state index contributed by atoms with van der Waals surface area (Å²) in [5.74, 6) is -0.510. The molecule has 1 atom stereocenters. The van der Waals surface area contributed by atoms with E-state index in [0.717, 1.165) is 16.2 Å². The average molecular weight is 454 g/mol. The van der Waals surface area contributed by atoms with Gasteiger partial charge in [-0.1, -0.05) is 18.2 Å². The summed E-state index contributed by atoms with van der Waals surface area (Å²) in [7, 11) is 1.44. The van der Waals surface area contributed by atoms with E-state index < -0.39 is 5.82 Å². The largest absolute Gasteiger partial charge is 0.494 e. The maximum Gasteiger partial charge on any atom is 0.207 e. The molecule has 5 rings (SSSR count). The molecule has 0 bridgehead atoms. The van der Waals surface area contributed by atoms with E-state index in [1.807, 2.05) is 27.9 Å². The van der Waals surface area contributed by atoms with Gasteiger partial charge in [0.05, 0.1) is 29.4 Å². The van der Waals surface area contributed by atoms with E-state index in [1.54, 1.807) is 35.6 Å². The summed E-state index contributed by atoms with van der Waals surface area (Å²) in [6.07, 6.45) is 0.693. The van der Waals surface area contributed by atoms with Gasteiger partial charge in [-0.25, -0.2) is 18.8 Å². The maximum absolute atomic E-state index is 14.2. The predicted octanol–water partition coefficient (Wildman–Crippen LogP) is 6.51. The van der Waals surface area contributed by atoms with Crippen LogP contribution in [-0.2, 0) is 0 Å². The van der Waals surface area contributed by atoms with Crippen LogP contribution in [0.4, 0.5) is 13.9 Å². The Balaban J connectivity index is 1.51. The lowest BCUT2D eigenvalue weighted by Crippen LogP contribution is -2.18. The van der Waals surface area contributed by atoms with Gasteiger partial charge in [0.15, 0.2) is 11.6 Å². The second-order valence-corrected chi connectivity index (χ2v) is 8.79. The number of nitrogens with zero attached hydrogens (tertiary/aromatic N) is 3. The number of hydrogen-bond donors (Lipinski definition) is 0. The number of ether oxygens (including phenoxy) is 1. The second kappa shape index (κ2) is 8.20. The zero-order valence-electron chi connectivity index (χ0n) is 16.5. The van der Waals surface area contributed by atoms with Crippen LogP contribution < -0.4 is 9.75 Å². The molecule has 0 fully saturated rings. The highest BCUT2D eigenvalue weighted by molar-refractivity contribution is 7.14. The molecular weight excluding hydrogens is 436 g/mol. The van der Waals surface area contributed by atoms with Crippen LogP contribution in [0.1, 0.15) is 22.9 Å². The normalized spacial score (nSPS) is 15.9. The van der Waals surface area contributed by atoms with Crippen molar-refractivity contribution >= 4 is 33.5 Å². The molecule has 8 heteroatoms. The van der Waals surface area contributed by atoms with Crippen molar-refractivity contribution in [3.63, 3.8) is 0 Å². The molecule has 0 spiro atoms. The van der Waals surface area contributed by atoms with Crippen molar-refractivity contribution in [1.29, 1.82) is 0 Å². The van der Waals surface area contributed by atoms with Crippen molar-refractivity contribution in [3.05, 3.63) is 87.4 Å². The van der Waals surface area contributed by atoms with Crippen LogP contribution in [0.2, 0.25) is 0 Å². The summed E-state index contributed by atoms with van der Waals surface area (Å²) < 4.78 is 32.6. The minimum Gasteiger partial charge on any atom is -0.494 e. The Bertz CT molecular complexity index is 1240. The molecule has 0 saturated carbocycles. The highest BCUT2D eigenvalue weighted by Gasteiger charge is 2.32. The highest BCUT2D eigenvalue weighted by atomic mass is 32.1. The first-order valence-electron chi connectivity index (χ1n) is 9.58. The summed E-state index contributed by atoms with van der Waals surface area (Å²) >= 11 is 3.08. The Morgan fingerprint density at radius 3 is 2.61 bits per heavy atom. The fourth-order valence-electron chi connectivity index (χ4n) is 3.55. The van der Waals surface area contributed by atoms with Crippen LogP contribution in [0.25, 0.3) is 11.3 Å². The first-order chi connectivity index (χ1) is 15.1. The second-order valence-electron chi connectivity index (χ2n) is 7.00. The van der Waals surface area contributed by atoms with Crippen molar-refractivity contribution in [2.45, 2.75) is 12.5 Å². The van der Waals surface area contributed by atoms with Gasteiger partial charge in [-0.3, -0.25) is 0 Å². The van der Waals surface area contributed by atoms with Gasteiger partial charge in [0.2, 0.25) is 5.13 Å². The minimum atomic E-state index is -0.432. The number of thiazole rings is 1. The van der Waals surface area contributed by atoms with Gasteiger partial charge in [0.25, 0.3) is 0 Å². The molecule has 4 nitrogen and oxygen atoms in total. The van der Waals surface area contributed by atoms with Gasteiger partial charge in [-0.05, 0) is 47.3 Å². The lowest BCUT2D eigenvalue weighted by atomic mass is 10.0. The number of hydrazone groups is 1. The number of aromatic nitrogens is 1. The number of anilines is 1. The Labute approximate surface area is 186 Å². The molecule has 2 aromatic heterocycles. The van der Waals surface area contributed by atoms with Crippen molar-refractivity contribution in [3.8, 4) is 17.0 Å². The van der Waals surface area contributed by atoms with Crippen LogP contribution in [0, 0.1) is 11.6 Å². The summed E-state index contributed by atoms with van der Waals surface area (Å²) in [5, 5.41) is 11.3. The van der Waals surface area contributed by atoms with Crippen molar-refractivity contribution < 1.29 is 13.5 Å². The van der Waals surface area contributed by atoms with E-state index in [0.29, 0.717) is 22.8 Å². The van der Waals surface area contributed by atoms with E-state index in [1.165, 1.54) is 36.6 Å². The molecule has 0 aliphatic carbocycles. The van der Waals surface area contributed by atoms with E-state index >= 15 is 0 Å². The zero-order valence-corrected chi connectivity index (χ0v) is 18.1. The van der Waals surface area contributed by atoms with Crippen molar-refractivity contribution in [2.75, 3.05) is 12.1 Å². The third-order valence-corrected chi connectivity index (χ3v) is 6.86. The zero-order chi connectivity index (χ0) is 21.4. The van der Waals surface area contributed by atoms with E-state index in [9.17, 15) is 8.78 Å². The van der Waals surface area contributed by atoms with Gasteiger partial charge in [-0.15, -0.1) is 22.7 Å². The summed E-state index contributed by atoms with van der Waals surface area (Å²) in [4.78, 5) is 5.83. The van der Waals surface area contributed by atoms with Crippen LogP contribution in [0.3, 0.4) is 0 Å². The van der Waals surface area contributed by atoms with E-state index in [4.69, 9.17) is 14.8 Å². The summed E-state index contributed by atoms with van der Waals surface area (Å²) in [6.45, 7) is 0. The molecule has 0 amide bonds. The van der Waals surface area contributed by atoms with E-state index in [-0.39, 0.29) is 17.6 Å². The number of methoxy groups -OCH3 is 1. The van der Waals surface area contributed by atoms with Crippen LogP contribution in [0.15, 0.2) is 70.5 Å². The standard InChI is InChI=1S/C23H17F2N3OS2/c1-29-21-9-6-15(11-17(21)25)19-13-31-23(26-19)28-20(14-4-7-16(24)8-5-14)12-18(27-28)22-3-2-10-30-22/h2-11,13,20H,12H2,1H3/t20-/m0/s1. The molecule has 1 aliphatic heterocycles. The van der Waals surface area contributed by atoms with E-state index in [2.05, 4.69) is 0 Å². The van der Waals surface area contributed by atoms with Gasteiger partial charge in [0.1, 0.15) is 5.82 Å². The molecule has 4 aromatic rings. The van der Waals surface area contributed by atoms with Gasteiger partial charge in [-0.2, -0.15) is 5.10 Å². The first-order valence-corrected chi connectivity index (χ1v) is 11.3. The lowest BCUT2D eigenvalue weighted by Gasteiger charge is -2.21. The monoisotopic (exact) mass is 453 g/mol. The molecule has 0 N–H and O–H groups in total. The highest BCUT2D eigenvalue weighted by Crippen LogP contribution is 2.40. The fraction of sp³-hybridized carbons (Fsp3) is 0.130. The average Bonchev–Trinajstić information content (AvgIpc) is 3.54. The Morgan fingerprint density at radius 2 is 1.90 bits per heavy atom. The molecule has 3 heterocycles. The van der Waals surface area contributed by atoms with Crippen LogP contribution in [-0.4, -0.2) is 17.8 Å². The van der Waals surface area contributed by atoms with Crippen LogP contribution in [0.5, 0.6) is 5.75 Å². The third kappa shape index (κ3) is 3.84. The summed E-state index contributed by atoms with van der Waals surface area (Å²) in [6, 6.07) is 15.2. The SMILES string of the molecule is COc1ccc(-c2csc(N3N=C(c4cccs4)C[C@H]3c3ccc(F)cc3)n2)cc1F. The molecular formula is C23H17F2N3OS2. The predicted molar refractivity (Wildman–Crippen MR) is 121 cm³/mol. The van der Waals surface area contributed by atoms with Gasteiger partial charge >= 0.3 is 0 Å². The summed E-state index contributed by atoms with van der Waals surface area (Å²) in [5.41, 5.74) is 3.26. The Morgan fingerprint density at radius 1 is 1.06 bits per heavy atom. The minimum absolute atomic E-state index is 0.0932. The first kappa shape index (κ1) is 19.8. The Kier molecular flexibility index (Phi) is 5.25. The fourth-order valence-corrected chi connectivity index (χ4v) is 5.10. The molecule has 31 heavy (non-hydrogen) atoms. The van der Waals surface area contributed by atoms with Crippen molar-refractivity contribution in [2.24, 2.45) is 5.10 Å². The molecule has 0 unspecified atom stereocenters. The van der Waals surface area contributed by atoms with Gasteiger partial charge < -0.3 is 4.74 Å². The maximum atomic E-state index is 14.2. The number of hydrogen-bond acceptors (Lipinski definition) is 6. The molecule has 2 aromatic carbocycles. The molecule has 0 radical (unpaired) electrons. The molecule has 156 valence electrons. The number of rotatable bonds is 5. The van der Waals surface area contributed by atoms with Crippen LogP contribution >= 0.6 is 22.7 Å².